The summed E-state index contributed by atoms with van der Waals surface area (Å²) in [5, 5.41) is 12.8. The average Bonchev–Trinajstić information content (AvgIpc) is 2.50. The highest BCUT2D eigenvalue weighted by Crippen LogP contribution is 2.29. The molecule has 0 amide bonds. The fourth-order valence-electron chi connectivity index (χ4n) is 2.72. The molecule has 0 unspecified atom stereocenters. The molecule has 114 valence electrons. The highest BCUT2D eigenvalue weighted by Gasteiger charge is 2.19. The van der Waals surface area contributed by atoms with Crippen LogP contribution in [0.3, 0.4) is 0 Å². The number of ether oxygens (including phenoxy) is 1. The molecule has 0 aromatic heterocycles. The maximum atomic E-state index is 12.8. The second kappa shape index (κ2) is 6.48. The predicted molar refractivity (Wildman–Crippen MR) is 85.9 cm³/mol. The van der Waals surface area contributed by atoms with E-state index in [9.17, 15) is 9.90 Å². The molecule has 3 nitrogen and oxygen atoms in total. The number of rotatable bonds is 3. The van der Waals surface area contributed by atoms with Gasteiger partial charge in [0.15, 0.2) is 0 Å². The molecule has 2 aromatic rings. The SMILES string of the molecule is COC(=O)/C(=C(/[O-])c1ccccc1)c1c(C)cc(C)cc1C. The van der Waals surface area contributed by atoms with E-state index in [0.717, 1.165) is 16.7 Å². The third-order valence-electron chi connectivity index (χ3n) is 3.58. The Labute approximate surface area is 130 Å². The fraction of sp³-hybridized carbons (Fsp3) is 0.211. The maximum absolute atomic E-state index is 12.8. The van der Waals surface area contributed by atoms with Gasteiger partial charge in [0.2, 0.25) is 0 Å². The number of hydrogen-bond acceptors (Lipinski definition) is 3. The van der Waals surface area contributed by atoms with E-state index >= 15 is 0 Å². The first-order valence-corrected chi connectivity index (χ1v) is 7.09. The molecule has 0 saturated carbocycles. The van der Waals surface area contributed by atoms with E-state index in [1.54, 1.807) is 24.3 Å². The van der Waals surface area contributed by atoms with E-state index in [1.165, 1.54) is 7.11 Å². The zero-order valence-electron chi connectivity index (χ0n) is 13.3. The maximum Gasteiger partial charge on any atom is 0.337 e. The minimum atomic E-state index is -0.607. The largest absolute Gasteiger partial charge is 0.871 e. The first-order valence-electron chi connectivity index (χ1n) is 7.09. The molecule has 0 N–H and O–H groups in total. The number of carbonyl (C=O) groups excluding carboxylic acids is 1. The van der Waals surface area contributed by atoms with E-state index in [1.807, 2.05) is 39.0 Å². The van der Waals surface area contributed by atoms with Gasteiger partial charge >= 0.3 is 5.97 Å². The Kier molecular flexibility index (Phi) is 4.66. The van der Waals surface area contributed by atoms with Crippen molar-refractivity contribution in [3.8, 4) is 0 Å². The molecule has 2 aromatic carbocycles. The molecule has 22 heavy (non-hydrogen) atoms. The third-order valence-corrected chi connectivity index (χ3v) is 3.58. The number of esters is 1. The number of hydrogen-bond donors (Lipinski definition) is 0. The van der Waals surface area contributed by atoms with Crippen molar-refractivity contribution >= 4 is 17.3 Å². The molecule has 3 heteroatoms. The Morgan fingerprint density at radius 3 is 2.05 bits per heavy atom. The van der Waals surface area contributed by atoms with Crippen LogP contribution in [-0.2, 0) is 9.53 Å². The van der Waals surface area contributed by atoms with Crippen LogP contribution in [0.2, 0.25) is 0 Å². The van der Waals surface area contributed by atoms with Gasteiger partial charge in [-0.15, -0.1) is 0 Å². The number of aryl methyl sites for hydroxylation is 3. The predicted octanol–water partition coefficient (Wildman–Crippen LogP) is 3.01. The Balaban J connectivity index is 2.75. The lowest BCUT2D eigenvalue weighted by Gasteiger charge is -2.21. The van der Waals surface area contributed by atoms with Crippen LogP contribution >= 0.6 is 0 Å². The van der Waals surface area contributed by atoms with Crippen LogP contribution < -0.4 is 5.11 Å². The van der Waals surface area contributed by atoms with Gasteiger partial charge in [0.1, 0.15) is 0 Å². The molecule has 0 atom stereocenters. The van der Waals surface area contributed by atoms with Gasteiger partial charge in [-0.2, -0.15) is 0 Å². The average molecular weight is 295 g/mol. The van der Waals surface area contributed by atoms with Crippen LogP contribution in [0.1, 0.15) is 27.8 Å². The standard InChI is InChI=1S/C19H20O3/c1-12-10-13(2)16(14(3)11-12)17(19(21)22-4)18(20)15-8-6-5-7-9-15/h5-11,20H,1-4H3/p-1/b18-17+. The molecular weight excluding hydrogens is 276 g/mol. The second-order valence-electron chi connectivity index (χ2n) is 5.34. The summed E-state index contributed by atoms with van der Waals surface area (Å²) in [5.41, 5.74) is 4.09. The van der Waals surface area contributed by atoms with Crippen molar-refractivity contribution in [1.29, 1.82) is 0 Å². The lowest BCUT2D eigenvalue weighted by Crippen LogP contribution is -2.15. The van der Waals surface area contributed by atoms with Crippen LogP contribution in [0.25, 0.3) is 11.3 Å². The third kappa shape index (κ3) is 3.03. The van der Waals surface area contributed by atoms with Gasteiger partial charge in [-0.1, -0.05) is 53.8 Å². The van der Waals surface area contributed by atoms with Gasteiger partial charge in [0.25, 0.3) is 0 Å². The lowest BCUT2D eigenvalue weighted by molar-refractivity contribution is -0.243. The van der Waals surface area contributed by atoms with E-state index in [-0.39, 0.29) is 11.3 Å². The zero-order valence-corrected chi connectivity index (χ0v) is 13.3. The van der Waals surface area contributed by atoms with Gasteiger partial charge in [-0.25, -0.2) is 4.79 Å². The molecule has 0 aliphatic carbocycles. The molecular formula is C19H19O3-. The van der Waals surface area contributed by atoms with E-state index < -0.39 is 5.97 Å². The van der Waals surface area contributed by atoms with Crippen LogP contribution in [0.4, 0.5) is 0 Å². The quantitative estimate of drug-likeness (QED) is 0.378. The summed E-state index contributed by atoms with van der Waals surface area (Å²) in [6, 6.07) is 12.7. The van der Waals surface area contributed by atoms with Crippen molar-refractivity contribution in [2.75, 3.05) is 7.11 Å². The monoisotopic (exact) mass is 295 g/mol. The minimum absolute atomic E-state index is 0.0868. The number of benzene rings is 2. The van der Waals surface area contributed by atoms with E-state index in [4.69, 9.17) is 4.74 Å². The molecule has 0 aliphatic heterocycles. The summed E-state index contributed by atoms with van der Waals surface area (Å²) in [7, 11) is 1.29. The highest BCUT2D eigenvalue weighted by atomic mass is 16.5. The Hall–Kier alpha value is -2.55. The summed E-state index contributed by atoms with van der Waals surface area (Å²) in [6.07, 6.45) is 0. The Morgan fingerprint density at radius 2 is 1.55 bits per heavy atom. The zero-order chi connectivity index (χ0) is 16.3. The first kappa shape index (κ1) is 15.8. The van der Waals surface area contributed by atoms with Gasteiger partial charge in [-0.3, -0.25) is 0 Å². The smallest absolute Gasteiger partial charge is 0.337 e. The summed E-state index contributed by atoms with van der Waals surface area (Å²) in [4.78, 5) is 12.2. The Bertz CT molecular complexity index is 705. The highest BCUT2D eigenvalue weighted by molar-refractivity contribution is 6.23. The van der Waals surface area contributed by atoms with E-state index in [2.05, 4.69) is 0 Å². The van der Waals surface area contributed by atoms with Gasteiger partial charge in [0.05, 0.1) is 12.7 Å². The summed E-state index contributed by atoms with van der Waals surface area (Å²) >= 11 is 0. The van der Waals surface area contributed by atoms with Crippen molar-refractivity contribution < 1.29 is 14.6 Å². The lowest BCUT2D eigenvalue weighted by atomic mass is 9.91. The van der Waals surface area contributed by atoms with Crippen molar-refractivity contribution in [2.45, 2.75) is 20.8 Å². The van der Waals surface area contributed by atoms with Crippen LogP contribution in [-0.4, -0.2) is 13.1 Å². The molecule has 0 saturated heterocycles. The summed E-state index contributed by atoms with van der Waals surface area (Å²) in [6.45, 7) is 5.79. The fourth-order valence-corrected chi connectivity index (χ4v) is 2.72. The van der Waals surface area contributed by atoms with Crippen LogP contribution in [0, 0.1) is 20.8 Å². The topological polar surface area (TPSA) is 49.4 Å². The van der Waals surface area contributed by atoms with Gasteiger partial charge < -0.3 is 9.84 Å². The second-order valence-corrected chi connectivity index (χ2v) is 5.34. The van der Waals surface area contributed by atoms with Crippen molar-refractivity contribution in [3.63, 3.8) is 0 Å². The van der Waals surface area contributed by atoms with Crippen LogP contribution in [0.5, 0.6) is 0 Å². The number of carbonyl (C=O) groups is 1. The van der Waals surface area contributed by atoms with Gasteiger partial charge in [0, 0.05) is 0 Å². The first-order chi connectivity index (χ1) is 10.5. The normalized spacial score (nSPS) is 11.8. The van der Waals surface area contributed by atoms with Crippen LogP contribution in [0.15, 0.2) is 42.5 Å². The summed E-state index contributed by atoms with van der Waals surface area (Å²) < 4.78 is 4.85. The Morgan fingerprint density at radius 1 is 1.00 bits per heavy atom. The summed E-state index contributed by atoms with van der Waals surface area (Å²) in [5.74, 6) is -0.925. The minimum Gasteiger partial charge on any atom is -0.871 e. The van der Waals surface area contributed by atoms with Crippen molar-refractivity contribution in [1.82, 2.24) is 0 Å². The molecule has 0 aliphatic rings. The van der Waals surface area contributed by atoms with Crippen molar-refractivity contribution in [2.24, 2.45) is 0 Å². The molecule has 0 fully saturated rings. The molecule has 0 bridgehead atoms. The van der Waals surface area contributed by atoms with E-state index in [0.29, 0.717) is 11.1 Å². The molecule has 0 spiro atoms. The molecule has 0 radical (unpaired) electrons. The number of methoxy groups -OCH3 is 1. The molecule has 0 heterocycles. The molecule has 2 rings (SSSR count). The van der Waals surface area contributed by atoms with Gasteiger partial charge in [-0.05, 0) is 43.0 Å². The van der Waals surface area contributed by atoms with Crippen molar-refractivity contribution in [3.05, 3.63) is 70.3 Å².